The van der Waals surface area contributed by atoms with Gasteiger partial charge in [-0.3, -0.25) is 0 Å². The molecule has 0 fully saturated rings. The van der Waals surface area contributed by atoms with Crippen LogP contribution >= 0.6 is 0 Å². The molecular weight excluding hydrogens is 174 g/mol. The maximum absolute atomic E-state index is 5.36. The summed E-state index contributed by atoms with van der Waals surface area (Å²) in [6, 6.07) is 0. The van der Waals surface area contributed by atoms with Crippen molar-refractivity contribution in [1.29, 1.82) is 0 Å². The molecule has 0 aromatic carbocycles. The van der Waals surface area contributed by atoms with Crippen LogP contribution in [0.25, 0.3) is 0 Å². The smallest absolute Gasteiger partial charge is 0.00745 e. The van der Waals surface area contributed by atoms with Crippen LogP contribution in [0.5, 0.6) is 0 Å². The number of hydrogen-bond acceptors (Lipinski definition) is 3. The van der Waals surface area contributed by atoms with Gasteiger partial charge in [-0.25, -0.2) is 0 Å². The van der Waals surface area contributed by atoms with Crippen LogP contribution in [-0.4, -0.2) is 32.7 Å². The maximum Gasteiger partial charge on any atom is 0.00745 e. The van der Waals surface area contributed by atoms with Gasteiger partial charge >= 0.3 is 0 Å². The third-order valence-electron chi connectivity index (χ3n) is 2.24. The zero-order valence-electron chi connectivity index (χ0n) is 9.65. The first-order valence-electron chi connectivity index (χ1n) is 6.03. The van der Waals surface area contributed by atoms with Gasteiger partial charge in [0.25, 0.3) is 0 Å². The van der Waals surface area contributed by atoms with Crippen LogP contribution in [0.1, 0.15) is 39.0 Å². The number of hydrogen-bond donors (Lipinski definition) is 3. The molecule has 0 aliphatic heterocycles. The van der Waals surface area contributed by atoms with Crippen LogP contribution in [0.4, 0.5) is 0 Å². The summed E-state index contributed by atoms with van der Waals surface area (Å²) >= 11 is 0. The van der Waals surface area contributed by atoms with Crippen molar-refractivity contribution in [2.45, 2.75) is 39.0 Å². The van der Waals surface area contributed by atoms with Gasteiger partial charge in [0.2, 0.25) is 0 Å². The van der Waals surface area contributed by atoms with E-state index < -0.39 is 0 Å². The molecular formula is C11H27N3. The highest BCUT2D eigenvalue weighted by Crippen LogP contribution is 1.96. The first-order valence-corrected chi connectivity index (χ1v) is 6.03. The van der Waals surface area contributed by atoms with Crippen molar-refractivity contribution in [3.05, 3.63) is 0 Å². The van der Waals surface area contributed by atoms with Gasteiger partial charge in [-0.05, 0) is 32.5 Å². The molecule has 0 aliphatic carbocycles. The van der Waals surface area contributed by atoms with Gasteiger partial charge in [-0.15, -0.1) is 0 Å². The van der Waals surface area contributed by atoms with Crippen molar-refractivity contribution in [2.75, 3.05) is 32.7 Å². The molecule has 3 heteroatoms. The fraction of sp³-hybridized carbons (Fsp3) is 1.00. The summed E-state index contributed by atoms with van der Waals surface area (Å²) in [6.07, 6.45) is 6.59. The third-order valence-corrected chi connectivity index (χ3v) is 2.24. The summed E-state index contributed by atoms with van der Waals surface area (Å²) in [5.74, 6) is 0. The van der Waals surface area contributed by atoms with E-state index in [2.05, 4.69) is 17.6 Å². The lowest BCUT2D eigenvalue weighted by Crippen LogP contribution is -2.26. The molecule has 0 aromatic rings. The van der Waals surface area contributed by atoms with Crippen LogP contribution in [0.2, 0.25) is 0 Å². The summed E-state index contributed by atoms with van der Waals surface area (Å²) in [4.78, 5) is 0. The Hall–Kier alpha value is -0.120. The van der Waals surface area contributed by atoms with Gasteiger partial charge in [-0.1, -0.05) is 26.2 Å². The molecule has 0 amide bonds. The normalized spacial score (nSPS) is 10.7. The zero-order chi connectivity index (χ0) is 10.5. The average molecular weight is 201 g/mol. The monoisotopic (exact) mass is 201 g/mol. The molecule has 0 rings (SSSR count). The Morgan fingerprint density at radius 2 is 1.43 bits per heavy atom. The molecule has 0 saturated heterocycles. The predicted molar refractivity (Wildman–Crippen MR) is 63.6 cm³/mol. The van der Waals surface area contributed by atoms with Gasteiger partial charge in [-0.2, -0.15) is 0 Å². The van der Waals surface area contributed by atoms with Gasteiger partial charge < -0.3 is 16.4 Å². The van der Waals surface area contributed by atoms with E-state index in [0.29, 0.717) is 0 Å². The van der Waals surface area contributed by atoms with Crippen LogP contribution in [0, 0.1) is 0 Å². The second kappa shape index (κ2) is 12.9. The van der Waals surface area contributed by atoms with E-state index in [-0.39, 0.29) is 0 Å². The lowest BCUT2D eigenvalue weighted by Gasteiger charge is -2.05. The van der Waals surface area contributed by atoms with Gasteiger partial charge in [0.15, 0.2) is 0 Å². The number of unbranched alkanes of at least 4 members (excludes halogenated alkanes) is 3. The second-order valence-corrected chi connectivity index (χ2v) is 3.70. The highest BCUT2D eigenvalue weighted by Gasteiger charge is 1.89. The van der Waals surface area contributed by atoms with Crippen LogP contribution in [0.15, 0.2) is 0 Å². The Kier molecular flexibility index (Phi) is 12.8. The molecule has 14 heavy (non-hydrogen) atoms. The van der Waals surface area contributed by atoms with Gasteiger partial charge in [0.1, 0.15) is 0 Å². The SMILES string of the molecule is CCCCCCNCCCNCCN. The zero-order valence-corrected chi connectivity index (χ0v) is 9.65. The molecule has 0 spiro atoms. The first kappa shape index (κ1) is 13.9. The minimum absolute atomic E-state index is 0.741. The quantitative estimate of drug-likeness (QED) is 0.439. The van der Waals surface area contributed by atoms with E-state index in [4.69, 9.17) is 5.73 Å². The molecule has 0 aromatic heterocycles. The molecule has 0 unspecified atom stereocenters. The Morgan fingerprint density at radius 3 is 2.07 bits per heavy atom. The Balaban J connectivity index is 2.78. The molecule has 3 nitrogen and oxygen atoms in total. The third kappa shape index (κ3) is 11.9. The highest BCUT2D eigenvalue weighted by atomic mass is 14.9. The molecule has 0 atom stereocenters. The van der Waals surface area contributed by atoms with E-state index in [1.807, 2.05) is 0 Å². The van der Waals surface area contributed by atoms with Crippen LogP contribution in [-0.2, 0) is 0 Å². The molecule has 0 saturated carbocycles. The Labute approximate surface area is 88.8 Å². The predicted octanol–water partition coefficient (Wildman–Crippen LogP) is 1.09. The summed E-state index contributed by atoms with van der Waals surface area (Å²) in [7, 11) is 0. The fourth-order valence-corrected chi connectivity index (χ4v) is 1.37. The van der Waals surface area contributed by atoms with Crippen LogP contribution < -0.4 is 16.4 Å². The average Bonchev–Trinajstić information content (AvgIpc) is 2.21. The largest absolute Gasteiger partial charge is 0.329 e. The minimum atomic E-state index is 0.741. The summed E-state index contributed by atoms with van der Waals surface area (Å²) in [5.41, 5.74) is 5.36. The number of nitrogens with one attached hydrogen (secondary N) is 2. The van der Waals surface area contributed by atoms with E-state index >= 15 is 0 Å². The lowest BCUT2D eigenvalue weighted by atomic mass is 10.2. The van der Waals surface area contributed by atoms with Crippen molar-refractivity contribution in [1.82, 2.24) is 10.6 Å². The molecule has 0 aliphatic rings. The molecule has 4 N–H and O–H groups in total. The number of rotatable bonds is 11. The van der Waals surface area contributed by atoms with Crippen molar-refractivity contribution in [3.63, 3.8) is 0 Å². The minimum Gasteiger partial charge on any atom is -0.329 e. The van der Waals surface area contributed by atoms with Crippen molar-refractivity contribution < 1.29 is 0 Å². The molecule has 0 heterocycles. The topological polar surface area (TPSA) is 50.1 Å². The standard InChI is InChI=1S/C11H27N3/c1-2-3-4-5-8-13-9-6-10-14-11-7-12/h13-14H,2-12H2,1H3. The van der Waals surface area contributed by atoms with E-state index in [1.54, 1.807) is 0 Å². The number of nitrogens with two attached hydrogens (primary N) is 1. The van der Waals surface area contributed by atoms with E-state index in [1.165, 1.54) is 38.6 Å². The summed E-state index contributed by atoms with van der Waals surface area (Å²) in [6.45, 7) is 7.32. The second-order valence-electron chi connectivity index (χ2n) is 3.70. The fourth-order valence-electron chi connectivity index (χ4n) is 1.37. The maximum atomic E-state index is 5.36. The molecule has 0 bridgehead atoms. The summed E-state index contributed by atoms with van der Waals surface area (Å²) < 4.78 is 0. The van der Waals surface area contributed by atoms with E-state index in [0.717, 1.165) is 26.2 Å². The van der Waals surface area contributed by atoms with Crippen molar-refractivity contribution >= 4 is 0 Å². The van der Waals surface area contributed by atoms with Gasteiger partial charge in [0, 0.05) is 13.1 Å². The van der Waals surface area contributed by atoms with Gasteiger partial charge in [0.05, 0.1) is 0 Å². The van der Waals surface area contributed by atoms with Crippen molar-refractivity contribution in [3.8, 4) is 0 Å². The molecule has 0 radical (unpaired) electrons. The summed E-state index contributed by atoms with van der Waals surface area (Å²) in [5, 5.41) is 6.73. The van der Waals surface area contributed by atoms with Crippen LogP contribution in [0.3, 0.4) is 0 Å². The first-order chi connectivity index (χ1) is 6.91. The van der Waals surface area contributed by atoms with Crippen molar-refractivity contribution in [2.24, 2.45) is 5.73 Å². The Bertz CT molecular complexity index is 84.5. The highest BCUT2D eigenvalue weighted by molar-refractivity contribution is 4.52. The lowest BCUT2D eigenvalue weighted by molar-refractivity contribution is 0.566. The molecule has 86 valence electrons. The Morgan fingerprint density at radius 1 is 0.786 bits per heavy atom. The van der Waals surface area contributed by atoms with E-state index in [9.17, 15) is 0 Å².